The molecule has 0 aliphatic rings. The van der Waals surface area contributed by atoms with E-state index >= 15 is 0 Å². The molecule has 0 fully saturated rings. The Morgan fingerprint density at radius 2 is 1.71 bits per heavy atom. The quantitative estimate of drug-likeness (QED) is 0.325. The van der Waals surface area contributed by atoms with Gasteiger partial charge < -0.3 is 19.2 Å². The first-order chi connectivity index (χ1) is 16.4. The molecular weight excluding hydrogens is 426 g/mol. The second-order valence-electron chi connectivity index (χ2n) is 8.37. The van der Waals surface area contributed by atoms with Crippen molar-refractivity contribution in [2.45, 2.75) is 27.3 Å². The second-order valence-corrected chi connectivity index (χ2v) is 8.37. The van der Waals surface area contributed by atoms with Crippen molar-refractivity contribution >= 4 is 22.4 Å². The number of aryl methyl sites for hydroxylation is 2. The Balaban J connectivity index is 1.67. The molecule has 0 saturated carbocycles. The summed E-state index contributed by atoms with van der Waals surface area (Å²) in [6.07, 6.45) is 3.38. The molecule has 0 aliphatic heterocycles. The van der Waals surface area contributed by atoms with Crippen LogP contribution in [0.1, 0.15) is 29.2 Å². The third-order valence-corrected chi connectivity index (χ3v) is 6.01. The van der Waals surface area contributed by atoms with Gasteiger partial charge in [0.2, 0.25) is 5.91 Å². The summed E-state index contributed by atoms with van der Waals surface area (Å²) in [7, 11) is 3.28. The van der Waals surface area contributed by atoms with Crippen LogP contribution in [0.15, 0.2) is 71.4 Å². The topological polar surface area (TPSA) is 60.7 Å². The van der Waals surface area contributed by atoms with Gasteiger partial charge in [0.15, 0.2) is 0 Å². The minimum Gasteiger partial charge on any atom is -0.497 e. The van der Waals surface area contributed by atoms with E-state index in [1.807, 2.05) is 75.4 Å². The van der Waals surface area contributed by atoms with Crippen molar-refractivity contribution in [3.8, 4) is 22.6 Å². The highest BCUT2D eigenvalue weighted by Gasteiger charge is 2.19. The van der Waals surface area contributed by atoms with Gasteiger partial charge in [-0.05, 0) is 55.7 Å². The summed E-state index contributed by atoms with van der Waals surface area (Å²) in [5.74, 6) is 1.34. The van der Waals surface area contributed by atoms with Gasteiger partial charge in [0.25, 0.3) is 0 Å². The summed E-state index contributed by atoms with van der Waals surface area (Å²) in [5, 5.41) is 3.93. The van der Waals surface area contributed by atoms with Crippen LogP contribution in [0.2, 0.25) is 0 Å². The van der Waals surface area contributed by atoms with Gasteiger partial charge in [-0.25, -0.2) is 0 Å². The van der Waals surface area contributed by atoms with Crippen molar-refractivity contribution in [2.75, 3.05) is 14.2 Å². The van der Waals surface area contributed by atoms with E-state index in [-0.39, 0.29) is 5.91 Å². The predicted octanol–water partition coefficient (Wildman–Crippen LogP) is 6.45. The Morgan fingerprint density at radius 3 is 2.35 bits per heavy atom. The Morgan fingerprint density at radius 1 is 1.00 bits per heavy atom. The van der Waals surface area contributed by atoms with Crippen LogP contribution in [0.4, 0.5) is 0 Å². The van der Waals surface area contributed by atoms with E-state index in [0.29, 0.717) is 12.3 Å². The van der Waals surface area contributed by atoms with E-state index in [2.05, 4.69) is 5.32 Å². The number of rotatable bonds is 7. The monoisotopic (exact) mass is 455 g/mol. The second kappa shape index (κ2) is 9.87. The Hall–Kier alpha value is -3.99. The molecular formula is C29H29NO4. The third kappa shape index (κ3) is 4.69. The molecule has 0 aliphatic carbocycles. The summed E-state index contributed by atoms with van der Waals surface area (Å²) in [5.41, 5.74) is 7.57. The minimum atomic E-state index is -0.152. The largest absolute Gasteiger partial charge is 0.497 e. The molecule has 174 valence electrons. The molecule has 0 unspecified atom stereocenters. The maximum absolute atomic E-state index is 12.7. The first-order valence-electron chi connectivity index (χ1n) is 11.2. The molecule has 0 radical (unpaired) electrons. The molecule has 4 rings (SSSR count). The Bertz CT molecular complexity index is 1350. The van der Waals surface area contributed by atoms with Gasteiger partial charge in [-0.1, -0.05) is 42.0 Å². The molecule has 5 heteroatoms. The van der Waals surface area contributed by atoms with Crippen molar-refractivity contribution in [3.63, 3.8) is 0 Å². The molecule has 0 spiro atoms. The number of hydrogen-bond donors (Lipinski definition) is 1. The van der Waals surface area contributed by atoms with Crippen molar-refractivity contribution in [3.05, 3.63) is 89.2 Å². The number of hydrogen-bond acceptors (Lipinski definition) is 4. The number of nitrogens with one attached hydrogen (secondary N) is 1. The fourth-order valence-corrected chi connectivity index (χ4v) is 4.09. The van der Waals surface area contributed by atoms with Gasteiger partial charge in [0, 0.05) is 34.7 Å². The lowest BCUT2D eigenvalue weighted by atomic mass is 9.96. The zero-order chi connectivity index (χ0) is 24.2. The number of carbonyl (C=O) groups excluding carboxylic acids is 1. The van der Waals surface area contributed by atoms with E-state index in [1.165, 1.54) is 5.56 Å². The van der Waals surface area contributed by atoms with Crippen molar-refractivity contribution in [1.29, 1.82) is 0 Å². The fourth-order valence-electron chi connectivity index (χ4n) is 4.09. The van der Waals surface area contributed by atoms with Gasteiger partial charge in [-0.3, -0.25) is 4.79 Å². The van der Waals surface area contributed by atoms with Gasteiger partial charge in [-0.15, -0.1) is 0 Å². The highest BCUT2D eigenvalue weighted by atomic mass is 16.5. The number of benzene rings is 3. The van der Waals surface area contributed by atoms with Crippen molar-refractivity contribution in [2.24, 2.45) is 0 Å². The maximum Gasteiger partial charge on any atom is 0.244 e. The minimum absolute atomic E-state index is 0.152. The van der Waals surface area contributed by atoms with Gasteiger partial charge in [0.05, 0.1) is 20.5 Å². The summed E-state index contributed by atoms with van der Waals surface area (Å²) >= 11 is 0. The lowest BCUT2D eigenvalue weighted by Crippen LogP contribution is -2.20. The fraction of sp³-hybridized carbons (Fsp3) is 0.207. The zero-order valence-electron chi connectivity index (χ0n) is 20.2. The zero-order valence-corrected chi connectivity index (χ0v) is 20.2. The first-order valence-corrected chi connectivity index (χ1v) is 11.2. The van der Waals surface area contributed by atoms with Crippen molar-refractivity contribution < 1.29 is 18.7 Å². The standard InChI is InChI=1S/C29H29NO4/c1-18-6-8-21(9-7-18)16-30-27(31)14-19(2)24-15-25-26(22-10-12-23(32-4)13-11-22)17-34-29(25)20(3)28(24)33-5/h6-15,17H,16H2,1-5H3,(H,30,31)/b19-14+. The van der Waals surface area contributed by atoms with Gasteiger partial charge in [-0.2, -0.15) is 0 Å². The number of fused-ring (bicyclic) bond motifs is 1. The predicted molar refractivity (Wildman–Crippen MR) is 136 cm³/mol. The Kier molecular flexibility index (Phi) is 6.73. The van der Waals surface area contributed by atoms with Gasteiger partial charge in [0.1, 0.15) is 17.1 Å². The molecule has 1 amide bonds. The molecule has 5 nitrogen and oxygen atoms in total. The average Bonchev–Trinajstić information content (AvgIpc) is 3.28. The molecule has 1 N–H and O–H groups in total. The number of ether oxygens (including phenoxy) is 2. The molecule has 1 aromatic heterocycles. The van der Waals surface area contributed by atoms with Crippen LogP contribution in [-0.4, -0.2) is 20.1 Å². The highest BCUT2D eigenvalue weighted by molar-refractivity contribution is 6.01. The molecule has 1 heterocycles. The molecule has 3 aromatic carbocycles. The van der Waals surface area contributed by atoms with E-state index in [0.717, 1.165) is 50.1 Å². The lowest BCUT2D eigenvalue weighted by molar-refractivity contribution is -0.116. The highest BCUT2D eigenvalue weighted by Crippen LogP contribution is 2.40. The van der Waals surface area contributed by atoms with Crippen LogP contribution < -0.4 is 14.8 Å². The Labute approximate surface area is 200 Å². The molecule has 0 saturated heterocycles. The number of carbonyl (C=O) groups is 1. The summed E-state index contributed by atoms with van der Waals surface area (Å²) < 4.78 is 16.9. The first kappa shape index (κ1) is 23.2. The summed E-state index contributed by atoms with van der Waals surface area (Å²) in [4.78, 5) is 12.7. The average molecular weight is 456 g/mol. The third-order valence-electron chi connectivity index (χ3n) is 6.01. The SMILES string of the molecule is COc1ccc(-c2coc3c(C)c(OC)c(/C(C)=C/C(=O)NCc4ccc(C)cc4)cc23)cc1. The van der Waals surface area contributed by atoms with Crippen LogP contribution in [0.5, 0.6) is 11.5 Å². The number of methoxy groups -OCH3 is 2. The van der Waals surface area contributed by atoms with Crippen LogP contribution in [0.25, 0.3) is 27.7 Å². The smallest absolute Gasteiger partial charge is 0.244 e. The lowest BCUT2D eigenvalue weighted by Gasteiger charge is -2.13. The van der Waals surface area contributed by atoms with Crippen LogP contribution in [0, 0.1) is 13.8 Å². The van der Waals surface area contributed by atoms with E-state index in [4.69, 9.17) is 13.9 Å². The summed E-state index contributed by atoms with van der Waals surface area (Å²) in [6, 6.07) is 18.0. The van der Waals surface area contributed by atoms with Crippen LogP contribution in [0.3, 0.4) is 0 Å². The molecule has 4 aromatic rings. The summed E-state index contributed by atoms with van der Waals surface area (Å²) in [6.45, 7) is 6.40. The van der Waals surface area contributed by atoms with Gasteiger partial charge >= 0.3 is 0 Å². The number of allylic oxidation sites excluding steroid dienone is 1. The maximum atomic E-state index is 12.7. The molecule has 0 bridgehead atoms. The van der Waals surface area contributed by atoms with Crippen LogP contribution in [-0.2, 0) is 11.3 Å². The normalized spacial score (nSPS) is 11.5. The van der Waals surface area contributed by atoms with E-state index in [9.17, 15) is 4.79 Å². The van der Waals surface area contributed by atoms with Crippen LogP contribution >= 0.6 is 0 Å². The molecule has 34 heavy (non-hydrogen) atoms. The number of furan rings is 1. The van der Waals surface area contributed by atoms with Crippen molar-refractivity contribution in [1.82, 2.24) is 5.32 Å². The van der Waals surface area contributed by atoms with E-state index in [1.54, 1.807) is 26.6 Å². The number of amides is 1. The molecule has 0 atom stereocenters. The van der Waals surface area contributed by atoms with E-state index < -0.39 is 0 Å².